The molecular weight excluding hydrogens is 550 g/mol. The van der Waals surface area contributed by atoms with Gasteiger partial charge in [-0.25, -0.2) is 0 Å². The van der Waals surface area contributed by atoms with Gasteiger partial charge < -0.3 is 14.6 Å². The number of aromatic amines is 1. The fraction of sp³-hybridized carbons (Fsp3) is 0.241. The summed E-state index contributed by atoms with van der Waals surface area (Å²) in [6.45, 7) is 0.105. The molecule has 194 valence electrons. The largest absolute Gasteiger partial charge is 0.492 e. The number of fused-ring (bicyclic) bond motifs is 3. The zero-order chi connectivity index (χ0) is 26.6. The number of rotatable bonds is 9. The van der Waals surface area contributed by atoms with Crippen LogP contribution in [0.3, 0.4) is 0 Å². The van der Waals surface area contributed by atoms with Gasteiger partial charge in [0.2, 0.25) is 0 Å². The predicted octanol–water partition coefficient (Wildman–Crippen LogP) is 6.12. The smallest absolute Gasteiger partial charge is 0.284 e. The van der Waals surface area contributed by atoms with Crippen molar-refractivity contribution in [1.29, 1.82) is 0 Å². The molecule has 1 N–H and O–H groups in total. The van der Waals surface area contributed by atoms with Crippen LogP contribution in [0.2, 0.25) is 0 Å². The van der Waals surface area contributed by atoms with E-state index in [1.807, 2.05) is 18.2 Å². The van der Waals surface area contributed by atoms with E-state index < -0.39 is 10.7 Å². The lowest BCUT2D eigenvalue weighted by Crippen LogP contribution is -2.38. The van der Waals surface area contributed by atoms with Gasteiger partial charge in [-0.2, -0.15) is 0 Å². The number of H-pyrrole nitrogens is 1. The number of amides is 1. The molecule has 5 rings (SSSR count). The number of nitrogens with zero attached hydrogens (tertiary/aromatic N) is 2. The zero-order valence-corrected chi connectivity index (χ0v) is 22.2. The summed E-state index contributed by atoms with van der Waals surface area (Å²) in [7, 11) is 0. The van der Waals surface area contributed by atoms with Crippen LogP contribution >= 0.6 is 15.9 Å². The maximum absolute atomic E-state index is 13.3. The Kier molecular flexibility index (Phi) is 7.55. The minimum atomic E-state index is -0.557. The number of carbonyl (C=O) groups excluding carboxylic acids is 2. The molecule has 1 aromatic heterocycles. The van der Waals surface area contributed by atoms with E-state index in [0.29, 0.717) is 11.3 Å². The minimum absolute atomic E-state index is 0.160. The SMILES string of the molecule is O=C(CN(CCOc1ccc2c3c([nH]c2c1)CCCC3)C(=O)c1ccccc1)c1ccc(Br)c([N+](=O)[O-])c1. The van der Waals surface area contributed by atoms with Crippen molar-refractivity contribution < 1.29 is 19.2 Å². The molecule has 4 aromatic rings. The molecule has 0 aliphatic heterocycles. The van der Waals surface area contributed by atoms with E-state index in [4.69, 9.17) is 4.74 Å². The van der Waals surface area contributed by atoms with Gasteiger partial charge in [-0.05, 0) is 83.6 Å². The van der Waals surface area contributed by atoms with Gasteiger partial charge in [0, 0.05) is 39.9 Å². The van der Waals surface area contributed by atoms with Gasteiger partial charge in [0.15, 0.2) is 5.78 Å². The van der Waals surface area contributed by atoms with Crippen molar-refractivity contribution in [3.63, 3.8) is 0 Å². The topological polar surface area (TPSA) is 106 Å². The van der Waals surface area contributed by atoms with Crippen LogP contribution in [0.25, 0.3) is 10.9 Å². The zero-order valence-electron chi connectivity index (χ0n) is 20.6. The number of ether oxygens (including phenoxy) is 1. The lowest BCUT2D eigenvalue weighted by atomic mass is 9.96. The summed E-state index contributed by atoms with van der Waals surface area (Å²) in [6, 6.07) is 18.9. The Morgan fingerprint density at radius 1 is 1.00 bits per heavy atom. The summed E-state index contributed by atoms with van der Waals surface area (Å²) in [5.74, 6) is -0.0389. The van der Waals surface area contributed by atoms with Gasteiger partial charge in [0.25, 0.3) is 11.6 Å². The second-order valence-electron chi connectivity index (χ2n) is 9.28. The number of hydrogen-bond acceptors (Lipinski definition) is 5. The number of nitro groups is 1. The van der Waals surface area contributed by atoms with E-state index in [1.165, 1.54) is 52.6 Å². The van der Waals surface area contributed by atoms with Crippen LogP contribution in [0.5, 0.6) is 5.75 Å². The highest BCUT2D eigenvalue weighted by Gasteiger charge is 2.22. The van der Waals surface area contributed by atoms with E-state index in [1.54, 1.807) is 24.3 Å². The van der Waals surface area contributed by atoms with E-state index >= 15 is 0 Å². The average molecular weight is 576 g/mol. The van der Waals surface area contributed by atoms with Crippen molar-refractivity contribution in [3.05, 3.63) is 104 Å². The van der Waals surface area contributed by atoms with Crippen LogP contribution in [-0.4, -0.2) is 46.2 Å². The molecule has 1 amide bonds. The first-order valence-electron chi connectivity index (χ1n) is 12.5. The number of carbonyl (C=O) groups is 2. The normalized spacial score (nSPS) is 12.7. The van der Waals surface area contributed by atoms with Gasteiger partial charge in [0.1, 0.15) is 12.4 Å². The first kappa shape index (κ1) is 25.7. The average Bonchev–Trinajstić information content (AvgIpc) is 3.30. The predicted molar refractivity (Wildman–Crippen MR) is 148 cm³/mol. The highest BCUT2D eigenvalue weighted by molar-refractivity contribution is 9.10. The molecule has 38 heavy (non-hydrogen) atoms. The molecule has 9 heteroatoms. The van der Waals surface area contributed by atoms with Gasteiger partial charge in [-0.15, -0.1) is 0 Å². The van der Waals surface area contributed by atoms with Crippen LogP contribution in [0, 0.1) is 10.1 Å². The molecule has 0 atom stereocenters. The number of hydrogen-bond donors (Lipinski definition) is 1. The van der Waals surface area contributed by atoms with Crippen LogP contribution < -0.4 is 4.74 Å². The summed E-state index contributed by atoms with van der Waals surface area (Å²) in [5.41, 5.74) is 4.13. The molecular formula is C29H26BrN3O5. The van der Waals surface area contributed by atoms with Crippen molar-refractivity contribution in [2.45, 2.75) is 25.7 Å². The second-order valence-corrected chi connectivity index (χ2v) is 10.1. The molecule has 0 spiro atoms. The number of nitro benzene ring substituents is 1. The molecule has 1 aliphatic carbocycles. The maximum atomic E-state index is 13.3. The lowest BCUT2D eigenvalue weighted by molar-refractivity contribution is -0.385. The van der Waals surface area contributed by atoms with E-state index in [0.717, 1.165) is 18.4 Å². The Morgan fingerprint density at radius 3 is 2.58 bits per heavy atom. The van der Waals surface area contributed by atoms with Gasteiger partial charge in [-0.3, -0.25) is 19.7 Å². The summed E-state index contributed by atoms with van der Waals surface area (Å²) in [4.78, 5) is 42.0. The van der Waals surface area contributed by atoms with E-state index in [-0.39, 0.29) is 41.3 Å². The van der Waals surface area contributed by atoms with Crippen LogP contribution in [0.1, 0.15) is 44.8 Å². The molecule has 8 nitrogen and oxygen atoms in total. The number of nitrogens with one attached hydrogen (secondary N) is 1. The third-order valence-corrected chi connectivity index (χ3v) is 7.48. The Labute approximate surface area is 227 Å². The molecule has 3 aromatic carbocycles. The second kappa shape index (κ2) is 11.2. The molecule has 0 saturated heterocycles. The summed E-state index contributed by atoms with van der Waals surface area (Å²) >= 11 is 3.14. The monoisotopic (exact) mass is 575 g/mol. The standard InChI is InChI=1S/C29H26BrN3O5/c30-24-13-10-20(16-27(24)33(36)37)28(34)18-32(29(35)19-6-2-1-3-7-19)14-15-38-21-11-12-23-22-8-4-5-9-25(22)31-26(23)17-21/h1-3,6-7,10-13,16-17,31H,4-5,8-9,14-15,18H2. The number of Topliss-reactive ketones (excluding diaryl/α,β-unsaturated/α-hetero) is 1. The number of aryl methyl sites for hydroxylation is 2. The van der Waals surface area contributed by atoms with Gasteiger partial charge >= 0.3 is 0 Å². The third-order valence-electron chi connectivity index (χ3n) is 6.81. The Morgan fingerprint density at radius 2 is 1.79 bits per heavy atom. The molecule has 0 radical (unpaired) electrons. The Balaban J connectivity index is 1.31. The highest BCUT2D eigenvalue weighted by atomic mass is 79.9. The lowest BCUT2D eigenvalue weighted by Gasteiger charge is -2.22. The van der Waals surface area contributed by atoms with Crippen molar-refractivity contribution in [2.24, 2.45) is 0 Å². The van der Waals surface area contributed by atoms with Crippen molar-refractivity contribution in [2.75, 3.05) is 19.7 Å². The number of benzene rings is 3. The molecule has 0 saturated carbocycles. The fourth-order valence-electron chi connectivity index (χ4n) is 4.86. The Bertz CT molecular complexity index is 1520. The highest BCUT2D eigenvalue weighted by Crippen LogP contribution is 2.31. The van der Waals surface area contributed by atoms with Crippen LogP contribution in [0.4, 0.5) is 5.69 Å². The molecule has 1 heterocycles. The number of aromatic nitrogens is 1. The minimum Gasteiger partial charge on any atom is -0.492 e. The maximum Gasteiger partial charge on any atom is 0.284 e. The molecule has 1 aliphatic rings. The molecule has 0 bridgehead atoms. The molecule has 0 unspecified atom stereocenters. The number of halogens is 1. The van der Waals surface area contributed by atoms with Crippen molar-refractivity contribution in [1.82, 2.24) is 9.88 Å². The van der Waals surface area contributed by atoms with Gasteiger partial charge in [-0.1, -0.05) is 18.2 Å². The summed E-state index contributed by atoms with van der Waals surface area (Å²) in [5, 5.41) is 12.5. The molecule has 0 fully saturated rings. The first-order valence-corrected chi connectivity index (χ1v) is 13.3. The fourth-order valence-corrected chi connectivity index (χ4v) is 5.25. The van der Waals surface area contributed by atoms with Crippen molar-refractivity contribution >= 4 is 44.2 Å². The number of ketones is 1. The quantitative estimate of drug-likeness (QED) is 0.147. The third kappa shape index (κ3) is 5.47. The van der Waals surface area contributed by atoms with Crippen LogP contribution in [0.15, 0.2) is 71.2 Å². The summed E-state index contributed by atoms with van der Waals surface area (Å²) in [6.07, 6.45) is 4.55. The van der Waals surface area contributed by atoms with E-state index in [9.17, 15) is 19.7 Å². The Hall–Kier alpha value is -3.98. The van der Waals surface area contributed by atoms with E-state index in [2.05, 4.69) is 27.0 Å². The van der Waals surface area contributed by atoms with Gasteiger partial charge in [0.05, 0.1) is 22.5 Å². The van der Waals surface area contributed by atoms with Crippen LogP contribution in [-0.2, 0) is 12.8 Å². The first-order chi connectivity index (χ1) is 18.4. The van der Waals surface area contributed by atoms with Crippen molar-refractivity contribution in [3.8, 4) is 5.75 Å². The summed E-state index contributed by atoms with van der Waals surface area (Å²) < 4.78 is 6.28.